The second kappa shape index (κ2) is 29.3. The third kappa shape index (κ3) is 16.0. The number of sulfonamides is 4. The number of aliphatic carboxylic acids is 4. The van der Waals surface area contributed by atoms with Crippen molar-refractivity contribution in [1.82, 2.24) is 17.2 Å². The molecule has 0 aromatic heterocycles. The summed E-state index contributed by atoms with van der Waals surface area (Å²) in [7, 11) is -9.08. The Morgan fingerprint density at radius 2 is 0.500 bits per heavy atom. The first-order chi connectivity index (χ1) is 35.9. The maximum absolute atomic E-state index is 12.4. The smallest absolute Gasteiger partial charge is 0.322 e. The molecule has 0 amide bonds. The van der Waals surface area contributed by atoms with Gasteiger partial charge in [0.15, 0.2) is 0 Å². The number of hydrogen-bond acceptors (Lipinski definition) is 16. The maximum atomic E-state index is 12.4. The first-order valence-corrected chi connectivity index (χ1v) is 29.2. The Morgan fingerprint density at radius 1 is 0.346 bits per heavy atom. The summed E-state index contributed by atoms with van der Waals surface area (Å²) in [5, 5.41) is 36.2. The van der Waals surface area contributed by atoms with Crippen molar-refractivity contribution in [3.05, 3.63) is 97.1 Å². The Balaban J connectivity index is 0.000000271. The number of rotatable bonds is 16. The number of carbonyl (C=O) groups is 4. The molecule has 78 heavy (non-hydrogen) atoms. The standard InChI is InChI=1S/4C12H15NO5S.2Rh/c4*1-18-9-4-6-10(7-5-9)19(16,17)13-8-2-3-11(13)12(14)15;;/h4*4-7,11H,2-3,8H2,1H3,(H,14,15);;. The van der Waals surface area contributed by atoms with E-state index in [1.807, 2.05) is 0 Å². The first kappa shape index (κ1) is 67.1. The molecule has 0 saturated carbocycles. The van der Waals surface area contributed by atoms with E-state index in [0.717, 1.165) is 17.2 Å². The summed E-state index contributed by atoms with van der Waals surface area (Å²) in [6.45, 7) is 0.966. The van der Waals surface area contributed by atoms with Gasteiger partial charge in [0, 0.05) is 65.1 Å². The summed E-state index contributed by atoms with van der Waals surface area (Å²) in [6.07, 6.45) is 3.66. The van der Waals surface area contributed by atoms with E-state index < -0.39 is 88.1 Å². The van der Waals surface area contributed by atoms with Crippen molar-refractivity contribution in [2.75, 3.05) is 54.6 Å². The zero-order chi connectivity index (χ0) is 56.2. The summed E-state index contributed by atoms with van der Waals surface area (Å²) >= 11 is 0. The number of carboxylic acid groups (broad SMARTS) is 4. The van der Waals surface area contributed by atoms with Crippen LogP contribution in [0.4, 0.5) is 0 Å². The molecule has 4 aliphatic heterocycles. The predicted octanol–water partition coefficient (Wildman–Crippen LogP) is 3.73. The molecule has 4 aliphatic rings. The van der Waals surface area contributed by atoms with Gasteiger partial charge in [-0.15, -0.1) is 0 Å². The number of carboxylic acids is 4. The summed E-state index contributed by atoms with van der Waals surface area (Å²) in [4.78, 5) is 44.6. The Kier molecular flexibility index (Phi) is 25.3. The van der Waals surface area contributed by atoms with Crippen LogP contribution in [-0.2, 0) is 98.2 Å². The van der Waals surface area contributed by atoms with Crippen LogP contribution in [0.2, 0.25) is 0 Å². The third-order valence-corrected chi connectivity index (χ3v) is 20.3. The Bertz CT molecular complexity index is 2700. The maximum Gasteiger partial charge on any atom is 0.322 e. The summed E-state index contributed by atoms with van der Waals surface area (Å²) in [5.74, 6) is -2.20. The molecule has 30 heteroatoms. The van der Waals surface area contributed by atoms with E-state index in [9.17, 15) is 52.8 Å². The summed E-state index contributed by atoms with van der Waals surface area (Å²) in [6, 6.07) is 19.8. The van der Waals surface area contributed by atoms with E-state index in [2.05, 4.69) is 0 Å². The van der Waals surface area contributed by atoms with E-state index in [0.29, 0.717) is 74.4 Å². The van der Waals surface area contributed by atoms with Gasteiger partial charge in [-0.25, -0.2) is 33.7 Å². The number of ether oxygens (including phenoxy) is 4. The largest absolute Gasteiger partial charge is 0.497 e. The van der Waals surface area contributed by atoms with E-state index in [-0.39, 0.29) is 84.7 Å². The fourth-order valence-corrected chi connectivity index (χ4v) is 15.2. The van der Waals surface area contributed by atoms with Crippen LogP contribution in [-0.4, -0.2) is 174 Å². The molecule has 4 saturated heterocycles. The van der Waals surface area contributed by atoms with Crippen molar-refractivity contribution >= 4 is 64.0 Å². The van der Waals surface area contributed by atoms with Crippen LogP contribution >= 0.6 is 0 Å². The molecule has 4 atom stereocenters. The zero-order valence-corrected chi connectivity index (χ0v) is 49.0. The SMILES string of the molecule is COc1ccc(S(=O)(=O)N2CCCC2C(=O)O)cc1.COc1ccc(S(=O)(=O)N2CCCC2C(=O)O)cc1.COc1ccc(S(=O)(=O)N2CCCC2C(=O)O)cc1.COc1ccc(S(=O)(=O)N2CCCC2C(=O)O)cc1.[Rh].[Rh]. The second-order valence-electron chi connectivity index (χ2n) is 17.2. The van der Waals surface area contributed by atoms with Gasteiger partial charge in [-0.2, -0.15) is 17.2 Å². The zero-order valence-electron chi connectivity index (χ0n) is 42.4. The molecule has 2 radical (unpaired) electrons. The van der Waals surface area contributed by atoms with Crippen LogP contribution in [0.1, 0.15) is 51.4 Å². The molecule has 434 valence electrons. The Morgan fingerprint density at radius 3 is 0.628 bits per heavy atom. The average molecular weight is 1350 g/mol. The second-order valence-corrected chi connectivity index (χ2v) is 24.7. The van der Waals surface area contributed by atoms with Crippen molar-refractivity contribution in [1.29, 1.82) is 0 Å². The van der Waals surface area contributed by atoms with Crippen LogP contribution < -0.4 is 18.9 Å². The van der Waals surface area contributed by atoms with Crippen LogP contribution in [0.15, 0.2) is 117 Å². The molecule has 4 aromatic rings. The van der Waals surface area contributed by atoms with Crippen LogP contribution in [0, 0.1) is 0 Å². The number of benzene rings is 4. The van der Waals surface area contributed by atoms with Gasteiger partial charge in [0.25, 0.3) is 0 Å². The number of methoxy groups -OCH3 is 4. The van der Waals surface area contributed by atoms with Gasteiger partial charge in [0.1, 0.15) is 47.2 Å². The van der Waals surface area contributed by atoms with Crippen molar-refractivity contribution in [2.24, 2.45) is 0 Å². The van der Waals surface area contributed by atoms with E-state index >= 15 is 0 Å². The van der Waals surface area contributed by atoms with Crippen molar-refractivity contribution in [2.45, 2.75) is 95.1 Å². The van der Waals surface area contributed by atoms with Gasteiger partial charge in [0.2, 0.25) is 40.1 Å². The predicted molar refractivity (Wildman–Crippen MR) is 270 cm³/mol. The van der Waals surface area contributed by atoms with Crippen molar-refractivity contribution in [3.63, 3.8) is 0 Å². The van der Waals surface area contributed by atoms with Crippen molar-refractivity contribution in [3.8, 4) is 23.0 Å². The molecule has 0 spiro atoms. The van der Waals surface area contributed by atoms with Crippen LogP contribution in [0.5, 0.6) is 23.0 Å². The molecular weight excluding hydrogens is 1290 g/mol. The van der Waals surface area contributed by atoms with Crippen LogP contribution in [0.3, 0.4) is 0 Å². The molecule has 4 unspecified atom stereocenters. The van der Waals surface area contributed by atoms with Gasteiger partial charge in [-0.1, -0.05) is 0 Å². The van der Waals surface area contributed by atoms with Gasteiger partial charge in [-0.3, -0.25) is 19.2 Å². The van der Waals surface area contributed by atoms with Gasteiger partial charge in [-0.05, 0) is 148 Å². The third-order valence-electron chi connectivity index (χ3n) is 12.6. The summed E-state index contributed by atoms with van der Waals surface area (Å²) in [5.41, 5.74) is 0. The topological polar surface area (TPSA) is 336 Å². The molecule has 0 aliphatic carbocycles. The molecule has 4 N–H and O–H groups in total. The minimum Gasteiger partial charge on any atom is -0.497 e. The van der Waals surface area contributed by atoms with E-state index in [4.69, 9.17) is 39.4 Å². The molecule has 0 bridgehead atoms. The van der Waals surface area contributed by atoms with Gasteiger partial charge in [0.05, 0.1) is 48.0 Å². The van der Waals surface area contributed by atoms with Gasteiger partial charge >= 0.3 is 23.9 Å². The molecule has 24 nitrogen and oxygen atoms in total. The molecule has 8 rings (SSSR count). The molecule has 4 aromatic carbocycles. The van der Waals surface area contributed by atoms with Crippen molar-refractivity contribution < 1.29 is 131 Å². The quantitative estimate of drug-likeness (QED) is 0.116. The van der Waals surface area contributed by atoms with E-state index in [1.165, 1.54) is 77.0 Å². The fourth-order valence-electron chi connectivity index (χ4n) is 8.63. The monoisotopic (exact) mass is 1350 g/mol. The average Bonchev–Trinajstić information content (AvgIpc) is 4.30. The minimum absolute atomic E-state index is 0. The number of nitrogens with zero attached hydrogens (tertiary/aromatic N) is 4. The number of hydrogen-bond donors (Lipinski definition) is 4. The summed E-state index contributed by atoms with van der Waals surface area (Å²) < 4.78 is 123. The van der Waals surface area contributed by atoms with Gasteiger partial charge < -0.3 is 39.4 Å². The molecular formula is C48H60N4O20Rh2S4. The first-order valence-electron chi connectivity index (χ1n) is 23.4. The molecule has 4 fully saturated rings. The Labute approximate surface area is 478 Å². The Hall–Kier alpha value is -5.15. The van der Waals surface area contributed by atoms with Crippen LogP contribution in [0.25, 0.3) is 0 Å². The fraction of sp³-hybridized carbons (Fsp3) is 0.417. The normalized spacial score (nSPS) is 19.8. The molecule has 4 heterocycles. The minimum atomic E-state index is -3.76. The van der Waals surface area contributed by atoms with E-state index in [1.54, 1.807) is 48.5 Å².